The van der Waals surface area contributed by atoms with E-state index in [0.717, 1.165) is 36.6 Å². The number of rotatable bonds is 5. The van der Waals surface area contributed by atoms with Crippen LogP contribution in [0.3, 0.4) is 0 Å². The molecule has 0 aliphatic carbocycles. The van der Waals surface area contributed by atoms with Gasteiger partial charge < -0.3 is 19.5 Å². The molecular formula is C14H19NO4. The smallest absolute Gasteiger partial charge is 0.305 e. The minimum Gasteiger partial charge on any atom is -0.497 e. The highest BCUT2D eigenvalue weighted by Crippen LogP contribution is 2.37. The van der Waals surface area contributed by atoms with E-state index in [0.29, 0.717) is 0 Å². The van der Waals surface area contributed by atoms with Gasteiger partial charge in [-0.1, -0.05) is 0 Å². The molecule has 0 saturated carbocycles. The number of carboxylic acids is 1. The average Bonchev–Trinajstić information content (AvgIpc) is 2.85. The summed E-state index contributed by atoms with van der Waals surface area (Å²) in [5.74, 6) is 0.730. The summed E-state index contributed by atoms with van der Waals surface area (Å²) >= 11 is 0. The van der Waals surface area contributed by atoms with Gasteiger partial charge in [0, 0.05) is 18.7 Å². The number of aliphatic carboxylic acids is 1. The van der Waals surface area contributed by atoms with Crippen molar-refractivity contribution < 1.29 is 19.4 Å². The van der Waals surface area contributed by atoms with E-state index in [1.165, 1.54) is 0 Å². The molecule has 0 amide bonds. The van der Waals surface area contributed by atoms with Gasteiger partial charge in [-0.15, -0.1) is 0 Å². The van der Waals surface area contributed by atoms with E-state index in [1.54, 1.807) is 14.2 Å². The summed E-state index contributed by atoms with van der Waals surface area (Å²) < 4.78 is 10.6. The van der Waals surface area contributed by atoms with Gasteiger partial charge in [0.1, 0.15) is 11.5 Å². The third kappa shape index (κ3) is 2.92. The van der Waals surface area contributed by atoms with Gasteiger partial charge in [0.2, 0.25) is 0 Å². The molecule has 1 saturated heterocycles. The first-order valence-corrected chi connectivity index (χ1v) is 6.36. The second-order valence-corrected chi connectivity index (χ2v) is 4.63. The number of nitrogens with zero attached hydrogens (tertiary/aromatic N) is 1. The van der Waals surface area contributed by atoms with E-state index in [9.17, 15) is 4.79 Å². The molecule has 0 aromatic heterocycles. The summed E-state index contributed by atoms with van der Waals surface area (Å²) in [6, 6.07) is 5.62. The number of hydrogen-bond donors (Lipinski definition) is 1. The molecule has 5 heteroatoms. The Balaban J connectivity index is 2.30. The molecule has 1 aromatic rings. The van der Waals surface area contributed by atoms with Gasteiger partial charge in [-0.3, -0.25) is 4.79 Å². The van der Waals surface area contributed by atoms with Crippen LogP contribution in [-0.2, 0) is 4.79 Å². The van der Waals surface area contributed by atoms with Crippen LogP contribution in [0.2, 0.25) is 0 Å². The largest absolute Gasteiger partial charge is 0.497 e. The Bertz CT molecular complexity index is 461. The molecule has 5 nitrogen and oxygen atoms in total. The SMILES string of the molecule is COc1ccc(OC)c(N2CCCC2CC(=O)O)c1. The normalized spacial score (nSPS) is 18.4. The Kier molecular flexibility index (Phi) is 4.14. The van der Waals surface area contributed by atoms with Crippen LogP contribution in [0.15, 0.2) is 18.2 Å². The zero-order valence-electron chi connectivity index (χ0n) is 11.3. The lowest BCUT2D eigenvalue weighted by Crippen LogP contribution is -2.31. The summed E-state index contributed by atoms with van der Waals surface area (Å²) in [6.45, 7) is 0.849. The van der Waals surface area contributed by atoms with Gasteiger partial charge in [-0.2, -0.15) is 0 Å². The highest BCUT2D eigenvalue weighted by Gasteiger charge is 2.28. The zero-order chi connectivity index (χ0) is 13.8. The molecule has 1 N–H and O–H groups in total. The van der Waals surface area contributed by atoms with Gasteiger partial charge >= 0.3 is 5.97 Å². The summed E-state index contributed by atoms with van der Waals surface area (Å²) in [7, 11) is 3.23. The quantitative estimate of drug-likeness (QED) is 0.884. The molecule has 1 heterocycles. The van der Waals surface area contributed by atoms with E-state index in [2.05, 4.69) is 4.90 Å². The van der Waals surface area contributed by atoms with E-state index in [1.807, 2.05) is 18.2 Å². The first-order chi connectivity index (χ1) is 9.15. The van der Waals surface area contributed by atoms with Crippen molar-refractivity contribution in [3.63, 3.8) is 0 Å². The fraction of sp³-hybridized carbons (Fsp3) is 0.500. The molecule has 1 fully saturated rings. The number of ether oxygens (including phenoxy) is 2. The zero-order valence-corrected chi connectivity index (χ0v) is 11.3. The van der Waals surface area contributed by atoms with Gasteiger partial charge in [0.15, 0.2) is 0 Å². The monoisotopic (exact) mass is 265 g/mol. The van der Waals surface area contributed by atoms with Crippen LogP contribution in [-0.4, -0.2) is 37.9 Å². The molecule has 1 unspecified atom stereocenters. The van der Waals surface area contributed by atoms with Crippen molar-refractivity contribution in [2.45, 2.75) is 25.3 Å². The van der Waals surface area contributed by atoms with Gasteiger partial charge in [0.25, 0.3) is 0 Å². The number of benzene rings is 1. The lowest BCUT2D eigenvalue weighted by atomic mass is 10.1. The van der Waals surface area contributed by atoms with Gasteiger partial charge in [-0.25, -0.2) is 0 Å². The van der Waals surface area contributed by atoms with E-state index in [4.69, 9.17) is 14.6 Å². The first kappa shape index (κ1) is 13.5. The Labute approximate surface area is 112 Å². The highest BCUT2D eigenvalue weighted by atomic mass is 16.5. The molecule has 0 bridgehead atoms. The Hall–Kier alpha value is -1.91. The summed E-state index contributed by atoms with van der Waals surface area (Å²) in [5.41, 5.74) is 0.908. The van der Waals surface area contributed by atoms with Crippen molar-refractivity contribution in [2.75, 3.05) is 25.7 Å². The lowest BCUT2D eigenvalue weighted by Gasteiger charge is -2.27. The second kappa shape index (κ2) is 5.82. The predicted molar refractivity (Wildman–Crippen MR) is 72.2 cm³/mol. The third-order valence-corrected chi connectivity index (χ3v) is 3.48. The maximum Gasteiger partial charge on any atom is 0.305 e. The molecule has 1 aromatic carbocycles. The van der Waals surface area contributed by atoms with E-state index < -0.39 is 5.97 Å². The minimum absolute atomic E-state index is 0.0264. The van der Waals surface area contributed by atoms with Crippen LogP contribution in [0.4, 0.5) is 5.69 Å². The van der Waals surface area contributed by atoms with Crippen molar-refractivity contribution in [3.05, 3.63) is 18.2 Å². The van der Waals surface area contributed by atoms with Crippen LogP contribution in [0, 0.1) is 0 Å². The van der Waals surface area contributed by atoms with Gasteiger partial charge in [0.05, 0.1) is 26.3 Å². The summed E-state index contributed by atoms with van der Waals surface area (Å²) in [4.78, 5) is 13.0. The van der Waals surface area contributed by atoms with Crippen molar-refractivity contribution in [2.24, 2.45) is 0 Å². The molecule has 0 spiro atoms. The predicted octanol–water partition coefficient (Wildman–Crippen LogP) is 2.15. The standard InChI is InChI=1S/C14H19NO4/c1-18-11-5-6-13(19-2)12(9-11)15-7-3-4-10(15)8-14(16)17/h5-6,9-10H,3-4,7-8H2,1-2H3,(H,16,17). The molecule has 19 heavy (non-hydrogen) atoms. The Morgan fingerprint density at radius 1 is 1.42 bits per heavy atom. The number of carbonyl (C=O) groups is 1. The van der Waals surface area contributed by atoms with Crippen molar-refractivity contribution in [1.82, 2.24) is 0 Å². The second-order valence-electron chi connectivity index (χ2n) is 4.63. The highest BCUT2D eigenvalue weighted by molar-refractivity contribution is 5.70. The van der Waals surface area contributed by atoms with E-state index in [-0.39, 0.29) is 12.5 Å². The number of anilines is 1. The molecule has 1 atom stereocenters. The van der Waals surface area contributed by atoms with Crippen molar-refractivity contribution >= 4 is 11.7 Å². The average molecular weight is 265 g/mol. The maximum absolute atomic E-state index is 10.9. The van der Waals surface area contributed by atoms with Crippen molar-refractivity contribution in [3.8, 4) is 11.5 Å². The summed E-state index contributed by atoms with van der Waals surface area (Å²) in [6.07, 6.45) is 2.05. The number of carboxylic acid groups (broad SMARTS) is 1. The van der Waals surface area contributed by atoms with Crippen molar-refractivity contribution in [1.29, 1.82) is 0 Å². The summed E-state index contributed by atoms with van der Waals surface area (Å²) in [5, 5.41) is 8.98. The lowest BCUT2D eigenvalue weighted by molar-refractivity contribution is -0.137. The molecule has 1 aliphatic heterocycles. The number of hydrogen-bond acceptors (Lipinski definition) is 4. The Morgan fingerprint density at radius 2 is 2.21 bits per heavy atom. The van der Waals surface area contributed by atoms with Crippen LogP contribution < -0.4 is 14.4 Å². The molecule has 1 aliphatic rings. The van der Waals surface area contributed by atoms with Crippen LogP contribution >= 0.6 is 0 Å². The molecule has 2 rings (SSSR count). The molecule has 104 valence electrons. The molecular weight excluding hydrogens is 246 g/mol. The van der Waals surface area contributed by atoms with Crippen LogP contribution in [0.25, 0.3) is 0 Å². The minimum atomic E-state index is -0.765. The van der Waals surface area contributed by atoms with E-state index >= 15 is 0 Å². The number of methoxy groups -OCH3 is 2. The topological polar surface area (TPSA) is 59.0 Å². The fourth-order valence-electron chi connectivity index (χ4n) is 2.59. The van der Waals surface area contributed by atoms with Gasteiger partial charge in [-0.05, 0) is 25.0 Å². The van der Waals surface area contributed by atoms with Crippen LogP contribution in [0.5, 0.6) is 11.5 Å². The third-order valence-electron chi connectivity index (χ3n) is 3.48. The fourth-order valence-corrected chi connectivity index (χ4v) is 2.59. The Morgan fingerprint density at radius 3 is 2.84 bits per heavy atom. The molecule has 0 radical (unpaired) electrons. The van der Waals surface area contributed by atoms with Crippen LogP contribution in [0.1, 0.15) is 19.3 Å². The first-order valence-electron chi connectivity index (χ1n) is 6.36. The maximum atomic E-state index is 10.9.